The van der Waals surface area contributed by atoms with Crippen LogP contribution in [0.25, 0.3) is 5.69 Å². The first-order valence-corrected chi connectivity index (χ1v) is 8.86. The molecule has 8 heteroatoms. The molecule has 1 aromatic carbocycles. The highest BCUT2D eigenvalue weighted by Crippen LogP contribution is 2.27. The number of nitrogens with one attached hydrogen (secondary N) is 1. The van der Waals surface area contributed by atoms with Gasteiger partial charge in [0.15, 0.2) is 5.16 Å². The molecule has 3 rings (SSSR count). The Kier molecular flexibility index (Phi) is 5.37. The lowest BCUT2D eigenvalue weighted by atomic mass is 10.2. The third-order valence-electron chi connectivity index (χ3n) is 3.78. The van der Waals surface area contributed by atoms with E-state index < -0.39 is 0 Å². The number of benzene rings is 1. The lowest BCUT2D eigenvalue weighted by Gasteiger charge is -2.28. The van der Waals surface area contributed by atoms with E-state index >= 15 is 0 Å². The van der Waals surface area contributed by atoms with Gasteiger partial charge in [-0.2, -0.15) is 0 Å². The highest BCUT2D eigenvalue weighted by molar-refractivity contribution is 7.99. The van der Waals surface area contributed by atoms with Gasteiger partial charge in [0.05, 0.1) is 24.7 Å². The van der Waals surface area contributed by atoms with Crippen molar-refractivity contribution in [3.05, 3.63) is 29.8 Å². The van der Waals surface area contributed by atoms with Gasteiger partial charge in [0, 0.05) is 20.1 Å². The number of morpholine rings is 1. The summed E-state index contributed by atoms with van der Waals surface area (Å²) in [6.07, 6.45) is 0. The summed E-state index contributed by atoms with van der Waals surface area (Å²) in [5.41, 5.74) is 2.16. The molecule has 1 aliphatic heterocycles. The van der Waals surface area contributed by atoms with E-state index in [1.165, 1.54) is 11.8 Å². The predicted molar refractivity (Wildman–Crippen MR) is 93.9 cm³/mol. The molecule has 0 bridgehead atoms. The number of ether oxygens (including phenoxy) is 1. The Morgan fingerprint density at radius 2 is 2.12 bits per heavy atom. The normalized spacial score (nSPS) is 14.7. The average molecular weight is 347 g/mol. The van der Waals surface area contributed by atoms with Crippen LogP contribution in [0.1, 0.15) is 5.56 Å². The first-order chi connectivity index (χ1) is 11.7. The molecular weight excluding hydrogens is 326 g/mol. The van der Waals surface area contributed by atoms with E-state index in [1.54, 1.807) is 7.05 Å². The maximum Gasteiger partial charge on any atom is 0.232 e. The highest BCUT2D eigenvalue weighted by Gasteiger charge is 2.22. The van der Waals surface area contributed by atoms with E-state index in [1.807, 2.05) is 16.7 Å². The lowest BCUT2D eigenvalue weighted by Crippen LogP contribution is -2.37. The Hall–Kier alpha value is -2.06. The van der Waals surface area contributed by atoms with E-state index in [-0.39, 0.29) is 5.91 Å². The van der Waals surface area contributed by atoms with E-state index in [2.05, 4.69) is 39.5 Å². The summed E-state index contributed by atoms with van der Waals surface area (Å²) >= 11 is 1.38. The number of thioether (sulfide) groups is 1. The van der Waals surface area contributed by atoms with Gasteiger partial charge in [-0.1, -0.05) is 23.9 Å². The van der Waals surface area contributed by atoms with Crippen LogP contribution < -0.4 is 10.2 Å². The van der Waals surface area contributed by atoms with Gasteiger partial charge in [-0.15, -0.1) is 10.2 Å². The van der Waals surface area contributed by atoms with Crippen LogP contribution in [0, 0.1) is 6.92 Å². The van der Waals surface area contributed by atoms with Crippen LogP contribution in [-0.2, 0) is 9.53 Å². The molecule has 1 fully saturated rings. The Labute approximate surface area is 145 Å². The molecule has 1 aliphatic rings. The van der Waals surface area contributed by atoms with Crippen molar-refractivity contribution in [2.24, 2.45) is 0 Å². The fourth-order valence-corrected chi connectivity index (χ4v) is 3.34. The molecule has 0 aliphatic carbocycles. The number of hydrogen-bond donors (Lipinski definition) is 1. The molecule has 1 aromatic heterocycles. The van der Waals surface area contributed by atoms with Crippen molar-refractivity contribution < 1.29 is 9.53 Å². The zero-order valence-corrected chi connectivity index (χ0v) is 14.7. The second-order valence-electron chi connectivity index (χ2n) is 5.52. The molecule has 24 heavy (non-hydrogen) atoms. The van der Waals surface area contributed by atoms with Crippen LogP contribution in [-0.4, -0.2) is 59.8 Å². The van der Waals surface area contributed by atoms with Gasteiger partial charge in [-0.3, -0.25) is 9.36 Å². The molecule has 7 nitrogen and oxygen atoms in total. The fourth-order valence-electron chi connectivity index (χ4n) is 2.52. The zero-order valence-electron chi connectivity index (χ0n) is 13.9. The van der Waals surface area contributed by atoms with E-state index in [0.717, 1.165) is 30.3 Å². The van der Waals surface area contributed by atoms with Gasteiger partial charge in [0.25, 0.3) is 0 Å². The summed E-state index contributed by atoms with van der Waals surface area (Å²) in [6, 6.07) is 8.20. The highest BCUT2D eigenvalue weighted by atomic mass is 32.2. The van der Waals surface area contributed by atoms with Crippen LogP contribution in [0.2, 0.25) is 0 Å². The maximum atomic E-state index is 11.6. The molecule has 0 radical (unpaired) electrons. The number of amides is 1. The van der Waals surface area contributed by atoms with Gasteiger partial charge >= 0.3 is 0 Å². The Bertz CT molecular complexity index is 712. The van der Waals surface area contributed by atoms with E-state index in [4.69, 9.17) is 4.74 Å². The van der Waals surface area contributed by atoms with Gasteiger partial charge in [-0.25, -0.2) is 0 Å². The molecule has 0 saturated carbocycles. The maximum absolute atomic E-state index is 11.6. The number of rotatable bonds is 5. The number of carbonyl (C=O) groups is 1. The molecule has 1 amide bonds. The number of hydrogen-bond acceptors (Lipinski definition) is 6. The largest absolute Gasteiger partial charge is 0.378 e. The van der Waals surface area contributed by atoms with E-state index in [9.17, 15) is 4.79 Å². The van der Waals surface area contributed by atoms with Crippen molar-refractivity contribution >= 4 is 23.6 Å². The minimum Gasteiger partial charge on any atom is -0.378 e. The number of aryl methyl sites for hydroxylation is 1. The van der Waals surface area contributed by atoms with Crippen molar-refractivity contribution in [2.75, 3.05) is 44.0 Å². The molecular formula is C16H21N5O2S. The second-order valence-corrected chi connectivity index (χ2v) is 6.46. The second kappa shape index (κ2) is 7.67. The van der Waals surface area contributed by atoms with Crippen molar-refractivity contribution in [3.63, 3.8) is 0 Å². The molecule has 1 N–H and O–H groups in total. The Morgan fingerprint density at radius 3 is 2.83 bits per heavy atom. The summed E-state index contributed by atoms with van der Waals surface area (Å²) in [7, 11) is 1.63. The van der Waals surface area contributed by atoms with Gasteiger partial charge in [0.1, 0.15) is 0 Å². The first kappa shape index (κ1) is 16.8. The standard InChI is InChI=1S/C16H21N5O2S/c1-12-4-3-5-13(10-12)21-15(20-6-8-23-9-7-20)18-19-16(21)24-11-14(22)17-2/h3-5,10H,6-9,11H2,1-2H3,(H,17,22). The number of anilines is 1. The van der Waals surface area contributed by atoms with Crippen LogP contribution in [0.5, 0.6) is 0 Å². The van der Waals surface area contributed by atoms with Gasteiger partial charge in [-0.05, 0) is 24.6 Å². The van der Waals surface area contributed by atoms with Crippen LogP contribution in [0.3, 0.4) is 0 Å². The first-order valence-electron chi connectivity index (χ1n) is 7.87. The van der Waals surface area contributed by atoms with Gasteiger partial charge in [0.2, 0.25) is 11.9 Å². The Morgan fingerprint density at radius 1 is 1.33 bits per heavy atom. The van der Waals surface area contributed by atoms with Crippen molar-refractivity contribution in [1.29, 1.82) is 0 Å². The van der Waals surface area contributed by atoms with Crippen LogP contribution >= 0.6 is 11.8 Å². The summed E-state index contributed by atoms with van der Waals surface area (Å²) in [5, 5.41) is 12.0. The summed E-state index contributed by atoms with van der Waals surface area (Å²) in [4.78, 5) is 13.7. The molecule has 0 atom stereocenters. The predicted octanol–water partition coefficient (Wildman–Crippen LogP) is 1.25. The lowest BCUT2D eigenvalue weighted by molar-refractivity contribution is -0.118. The monoisotopic (exact) mass is 347 g/mol. The summed E-state index contributed by atoms with van der Waals surface area (Å²) in [6.45, 7) is 4.98. The molecule has 1 saturated heterocycles. The van der Waals surface area contributed by atoms with Crippen molar-refractivity contribution in [3.8, 4) is 5.69 Å². The topological polar surface area (TPSA) is 72.3 Å². The minimum absolute atomic E-state index is 0.0354. The van der Waals surface area contributed by atoms with Crippen molar-refractivity contribution in [1.82, 2.24) is 20.1 Å². The van der Waals surface area contributed by atoms with Crippen LogP contribution in [0.4, 0.5) is 5.95 Å². The smallest absolute Gasteiger partial charge is 0.232 e. The minimum atomic E-state index is -0.0354. The third-order valence-corrected chi connectivity index (χ3v) is 4.71. The summed E-state index contributed by atoms with van der Waals surface area (Å²) in [5.74, 6) is 1.07. The third kappa shape index (κ3) is 3.70. The molecule has 128 valence electrons. The van der Waals surface area contributed by atoms with Crippen molar-refractivity contribution in [2.45, 2.75) is 12.1 Å². The van der Waals surface area contributed by atoms with Crippen LogP contribution in [0.15, 0.2) is 29.4 Å². The number of carbonyl (C=O) groups excluding carboxylic acids is 1. The SMILES string of the molecule is CNC(=O)CSc1nnc(N2CCOCC2)n1-c1cccc(C)c1. The number of aromatic nitrogens is 3. The molecule has 2 aromatic rings. The quantitative estimate of drug-likeness (QED) is 0.821. The average Bonchev–Trinajstić information content (AvgIpc) is 3.04. The molecule has 0 spiro atoms. The fraction of sp³-hybridized carbons (Fsp3) is 0.438. The van der Waals surface area contributed by atoms with Gasteiger partial charge < -0.3 is 15.0 Å². The van der Waals surface area contributed by atoms with E-state index in [0.29, 0.717) is 24.1 Å². The summed E-state index contributed by atoms with van der Waals surface area (Å²) < 4.78 is 7.45. The molecule has 0 unspecified atom stereocenters. The zero-order chi connectivity index (χ0) is 16.9. The molecule has 2 heterocycles. The number of nitrogens with zero attached hydrogens (tertiary/aromatic N) is 4. The Balaban J connectivity index is 1.96.